The number of rotatable bonds is 6. The van der Waals surface area contributed by atoms with E-state index in [4.69, 9.17) is 4.74 Å². The summed E-state index contributed by atoms with van der Waals surface area (Å²) in [6.07, 6.45) is 7.19. The van der Waals surface area contributed by atoms with Crippen LogP contribution in [0.3, 0.4) is 0 Å². The maximum absolute atomic E-state index is 14.0. The van der Waals surface area contributed by atoms with Crippen molar-refractivity contribution in [3.63, 3.8) is 0 Å². The molecule has 0 aliphatic heterocycles. The Morgan fingerprint density at radius 1 is 0.896 bits per heavy atom. The first-order chi connectivity index (χ1) is 23.1. The van der Waals surface area contributed by atoms with Crippen molar-refractivity contribution < 1.29 is 20.1 Å². The van der Waals surface area contributed by atoms with E-state index in [-0.39, 0.29) is 17.4 Å². The summed E-state index contributed by atoms with van der Waals surface area (Å²) < 4.78 is 4.98. The largest absolute Gasteiger partial charge is 0.510 e. The second-order valence-corrected chi connectivity index (χ2v) is 12.9. The fourth-order valence-corrected chi connectivity index (χ4v) is 8.59. The Morgan fingerprint density at radius 2 is 1.58 bits per heavy atom. The maximum atomic E-state index is 14.0. The van der Waals surface area contributed by atoms with Crippen LogP contribution in [0, 0.1) is 10.4 Å². The highest BCUT2D eigenvalue weighted by Crippen LogP contribution is 2.58. The molecule has 3 aromatic rings. The topological polar surface area (TPSA) is 171 Å². The molecule has 2 atom stereocenters. The highest BCUT2D eigenvalue weighted by Gasteiger charge is 2.59. The molecular formula is C37H27NO9S. The van der Waals surface area contributed by atoms with Crippen LogP contribution in [0.15, 0.2) is 90.7 Å². The average Bonchev–Trinajstić information content (AvgIpc) is 3.52. The highest BCUT2D eigenvalue weighted by molar-refractivity contribution is 7.99. The Hall–Kier alpha value is -5.68. The van der Waals surface area contributed by atoms with Gasteiger partial charge in [-0.3, -0.25) is 24.0 Å². The number of nitrogens with one attached hydrogen (secondary N) is 1. The number of allylic oxidation sites excluding steroid dienone is 3. The number of H-pyrrole nitrogens is 1. The molecule has 0 saturated carbocycles. The second kappa shape index (κ2) is 11.2. The Kier molecular flexibility index (Phi) is 7.24. The molecule has 1 aromatic heterocycles. The van der Waals surface area contributed by atoms with Crippen LogP contribution < -0.4 is 42.4 Å². The van der Waals surface area contributed by atoms with E-state index >= 15 is 0 Å². The molecule has 7 rings (SSSR count). The summed E-state index contributed by atoms with van der Waals surface area (Å²) >= 11 is 1.31. The van der Waals surface area contributed by atoms with Crippen molar-refractivity contribution >= 4 is 40.1 Å². The SMILES string of the molecule is C/C=C/C=C/c1cc2cc3c(c(O)c2c(=O)[nH]1)[C@@]1(C(O)=c2c(=O)c4c(=O)cc(OC)c(=O)c=4c(=O)c2=C1O)C(SCc1ccccc1)C3. The van der Waals surface area contributed by atoms with Crippen LogP contribution >= 0.6 is 11.8 Å². The minimum absolute atomic E-state index is 0.0420. The number of aromatic hydroxyl groups is 1. The van der Waals surface area contributed by atoms with Gasteiger partial charge in [0.15, 0.2) is 11.2 Å². The normalized spacial score (nSPS) is 18.6. The zero-order valence-electron chi connectivity index (χ0n) is 25.6. The number of benzene rings is 2. The van der Waals surface area contributed by atoms with Gasteiger partial charge in [0, 0.05) is 28.3 Å². The molecule has 0 amide bonds. The van der Waals surface area contributed by atoms with Crippen LogP contribution in [0.2, 0.25) is 0 Å². The maximum Gasteiger partial charge on any atom is 0.260 e. The predicted molar refractivity (Wildman–Crippen MR) is 184 cm³/mol. The molecule has 1 spiro atoms. The van der Waals surface area contributed by atoms with Gasteiger partial charge in [-0.25, -0.2) is 0 Å². The monoisotopic (exact) mass is 661 g/mol. The molecule has 10 nitrogen and oxygen atoms in total. The third-order valence-corrected chi connectivity index (χ3v) is 10.6. The van der Waals surface area contributed by atoms with Crippen molar-refractivity contribution in [1.82, 2.24) is 4.98 Å². The fourth-order valence-electron chi connectivity index (χ4n) is 7.11. The van der Waals surface area contributed by atoms with Gasteiger partial charge >= 0.3 is 0 Å². The Balaban J connectivity index is 1.60. The van der Waals surface area contributed by atoms with Gasteiger partial charge in [-0.2, -0.15) is 11.8 Å². The number of hydrogen-bond donors (Lipinski definition) is 4. The summed E-state index contributed by atoms with van der Waals surface area (Å²) in [4.78, 5) is 70.4. The van der Waals surface area contributed by atoms with E-state index in [1.807, 2.05) is 43.3 Å². The van der Waals surface area contributed by atoms with E-state index in [0.717, 1.165) is 18.7 Å². The molecule has 0 saturated heterocycles. The van der Waals surface area contributed by atoms with Crippen molar-refractivity contribution in [3.05, 3.63) is 161 Å². The van der Waals surface area contributed by atoms with Gasteiger partial charge in [0.25, 0.3) is 5.56 Å². The molecule has 0 bridgehead atoms. The number of fused-ring (bicyclic) bond motifs is 4. The molecule has 240 valence electrons. The number of ether oxygens (including phenoxy) is 1. The highest BCUT2D eigenvalue weighted by atomic mass is 32.2. The number of thioether (sulfide) groups is 1. The lowest BCUT2D eigenvalue weighted by Gasteiger charge is -2.33. The Morgan fingerprint density at radius 3 is 2.25 bits per heavy atom. The first-order valence-corrected chi connectivity index (χ1v) is 16.0. The molecule has 0 fully saturated rings. The van der Waals surface area contributed by atoms with Crippen LogP contribution in [0.5, 0.6) is 11.5 Å². The zero-order valence-corrected chi connectivity index (χ0v) is 26.4. The van der Waals surface area contributed by atoms with E-state index in [0.29, 0.717) is 22.4 Å². The van der Waals surface area contributed by atoms with E-state index in [1.165, 1.54) is 11.8 Å². The third-order valence-electron chi connectivity index (χ3n) is 9.17. The first-order valence-electron chi connectivity index (χ1n) is 15.0. The summed E-state index contributed by atoms with van der Waals surface area (Å²) in [5.74, 6) is -2.11. The van der Waals surface area contributed by atoms with Crippen LogP contribution in [0.4, 0.5) is 0 Å². The van der Waals surface area contributed by atoms with Crippen molar-refractivity contribution in [2.24, 2.45) is 0 Å². The quantitative estimate of drug-likeness (QED) is 0.198. The Labute approximate surface area is 274 Å². The molecule has 0 radical (unpaired) electrons. The van der Waals surface area contributed by atoms with Crippen molar-refractivity contribution in [1.29, 1.82) is 0 Å². The number of hydrogen-bond acceptors (Lipinski definition) is 10. The number of aromatic nitrogens is 1. The number of aliphatic hydroxyl groups excluding tert-OH is 2. The molecule has 4 N–H and O–H groups in total. The van der Waals surface area contributed by atoms with Crippen molar-refractivity contribution in [3.8, 4) is 11.5 Å². The number of phenols is 1. The summed E-state index contributed by atoms with van der Waals surface area (Å²) in [6, 6.07) is 13.5. The standard InChI is InChI=1S/C37H27NO9S/c1-3-4-6-11-20-13-18-12-19-14-23(48-16-17-9-7-5-8-10-17)37(29(19)33(43)24(18)36(46)38-20)34(44)27-28(35(37)45)32(42)26-25(31(27)41)21(39)15-22(47-2)30(26)40/h3-13,15,23,43-45H,14,16H2,1-2H3,(H,38,46)/b4-3+,11-6+/t23?,37-/m1/s1. The van der Waals surface area contributed by atoms with Gasteiger partial charge in [-0.15, -0.1) is 0 Å². The average molecular weight is 662 g/mol. The smallest absolute Gasteiger partial charge is 0.260 e. The van der Waals surface area contributed by atoms with Crippen LogP contribution in [0.25, 0.3) is 28.4 Å². The predicted octanol–water partition coefficient (Wildman–Crippen LogP) is 2.01. The molecular weight excluding hydrogens is 634 g/mol. The number of aromatic amines is 1. The lowest BCUT2D eigenvalue weighted by molar-refractivity contribution is 0.366. The van der Waals surface area contributed by atoms with Gasteiger partial charge < -0.3 is 25.0 Å². The fraction of sp³-hybridized carbons (Fsp3) is 0.162. The van der Waals surface area contributed by atoms with Gasteiger partial charge in [0.05, 0.1) is 33.4 Å². The lowest BCUT2D eigenvalue weighted by Crippen LogP contribution is -2.51. The van der Waals surface area contributed by atoms with Crippen molar-refractivity contribution in [2.75, 3.05) is 7.11 Å². The third kappa shape index (κ3) is 4.17. The number of methoxy groups -OCH3 is 1. The summed E-state index contributed by atoms with van der Waals surface area (Å²) in [6.45, 7) is 1.85. The first kappa shape index (κ1) is 30.9. The summed E-state index contributed by atoms with van der Waals surface area (Å²) in [5, 5.41) is 32.9. The van der Waals surface area contributed by atoms with E-state index < -0.39 is 81.8 Å². The molecule has 1 unspecified atom stereocenters. The number of pyridine rings is 1. The molecule has 11 heteroatoms. The summed E-state index contributed by atoms with van der Waals surface area (Å²) in [7, 11) is 1.14. The summed E-state index contributed by atoms with van der Waals surface area (Å²) in [5.41, 5.74) is -5.11. The lowest BCUT2D eigenvalue weighted by atomic mass is 9.78. The van der Waals surface area contributed by atoms with Gasteiger partial charge in [0.2, 0.25) is 16.3 Å². The molecule has 2 aromatic carbocycles. The zero-order chi connectivity index (χ0) is 34.1. The van der Waals surface area contributed by atoms with E-state index in [1.54, 1.807) is 30.4 Å². The van der Waals surface area contributed by atoms with Gasteiger partial charge in [-0.05, 0) is 42.0 Å². The van der Waals surface area contributed by atoms with Crippen molar-refractivity contribution in [2.45, 2.75) is 29.8 Å². The molecule has 48 heavy (non-hydrogen) atoms. The number of aliphatic hydroxyl groups is 2. The van der Waals surface area contributed by atoms with Crippen LogP contribution in [-0.2, 0) is 17.6 Å². The van der Waals surface area contributed by atoms with Gasteiger partial charge in [0.1, 0.15) is 22.7 Å². The molecule has 1 heterocycles. The Bertz CT molecular complexity index is 2740. The van der Waals surface area contributed by atoms with Crippen LogP contribution in [0.1, 0.15) is 29.3 Å². The second-order valence-electron chi connectivity index (χ2n) is 11.7. The minimum Gasteiger partial charge on any atom is -0.510 e. The molecule has 4 aliphatic carbocycles. The van der Waals surface area contributed by atoms with Gasteiger partial charge in [-0.1, -0.05) is 54.6 Å². The van der Waals surface area contributed by atoms with Crippen LogP contribution in [-0.4, -0.2) is 32.7 Å². The van der Waals surface area contributed by atoms with E-state index in [2.05, 4.69) is 4.98 Å². The molecule has 4 aliphatic rings. The van der Waals surface area contributed by atoms with E-state index in [9.17, 15) is 39.3 Å². The minimum atomic E-state index is -2.07. The number of phenolic OH excluding ortho intramolecular Hbond substituents is 1.